The quantitative estimate of drug-likeness (QED) is 0.132. The highest BCUT2D eigenvalue weighted by Gasteiger charge is 2.41. The molecule has 1 aliphatic heterocycles. The molecule has 3 aromatic carbocycles. The van der Waals surface area contributed by atoms with Gasteiger partial charge in [0.25, 0.3) is 11.8 Å². The van der Waals surface area contributed by atoms with Crippen LogP contribution in [0.15, 0.2) is 72.8 Å². The fraction of sp³-hybridized carbons (Fsp3) is 0.235. The molecule has 0 spiro atoms. The zero-order valence-corrected chi connectivity index (χ0v) is 23.5. The van der Waals surface area contributed by atoms with E-state index in [0.717, 1.165) is 5.56 Å². The van der Waals surface area contributed by atoms with Crippen molar-refractivity contribution in [1.29, 1.82) is 0 Å². The predicted octanol–water partition coefficient (Wildman–Crippen LogP) is 5.54. The van der Waals surface area contributed by atoms with Crippen LogP contribution in [0.5, 0.6) is 0 Å². The van der Waals surface area contributed by atoms with E-state index in [1.54, 1.807) is 60.7 Å². The molecule has 1 aliphatic carbocycles. The molecule has 6 rings (SSSR count). The van der Waals surface area contributed by atoms with Crippen LogP contribution < -0.4 is 0 Å². The summed E-state index contributed by atoms with van der Waals surface area (Å²) in [6, 6.07) is 20.4. The van der Waals surface area contributed by atoms with Gasteiger partial charge < -0.3 is 4.74 Å². The highest BCUT2D eigenvalue weighted by Crippen LogP contribution is 2.36. The number of amides is 2. The van der Waals surface area contributed by atoms with Gasteiger partial charge in [0.2, 0.25) is 0 Å². The highest BCUT2D eigenvalue weighted by molar-refractivity contribution is 6.29. The summed E-state index contributed by atoms with van der Waals surface area (Å²) in [5.74, 6) is -2.75. The van der Waals surface area contributed by atoms with Gasteiger partial charge in [-0.15, -0.1) is 0 Å². The lowest BCUT2D eigenvalue weighted by molar-refractivity contribution is 0.0482. The SMILES string of the molecule is CC(C)(C)c1ccc2c(c1)C(=O)C(c1ccc3cc(C(=O)OCCCN4C(=O)c5ccccc5C4=O)ccc3n1)C2=O. The summed E-state index contributed by atoms with van der Waals surface area (Å²) < 4.78 is 5.39. The Kier molecular flexibility index (Phi) is 6.56. The van der Waals surface area contributed by atoms with Crippen LogP contribution in [0.1, 0.15) is 96.2 Å². The number of hydrogen-bond acceptors (Lipinski definition) is 7. The van der Waals surface area contributed by atoms with E-state index in [1.807, 2.05) is 12.1 Å². The second kappa shape index (κ2) is 10.1. The van der Waals surface area contributed by atoms with Crippen molar-refractivity contribution in [2.24, 2.45) is 0 Å². The van der Waals surface area contributed by atoms with E-state index in [9.17, 15) is 24.0 Å². The van der Waals surface area contributed by atoms with Crippen LogP contribution in [-0.4, -0.2) is 52.4 Å². The van der Waals surface area contributed by atoms with Crippen molar-refractivity contribution < 1.29 is 28.7 Å². The second-order valence-electron chi connectivity index (χ2n) is 11.6. The Labute approximate surface area is 242 Å². The van der Waals surface area contributed by atoms with Crippen molar-refractivity contribution in [2.45, 2.75) is 38.5 Å². The van der Waals surface area contributed by atoms with E-state index < -0.39 is 11.9 Å². The number of hydrogen-bond donors (Lipinski definition) is 0. The third-order valence-corrected chi connectivity index (χ3v) is 7.82. The Morgan fingerprint density at radius 3 is 2.19 bits per heavy atom. The number of benzene rings is 3. The van der Waals surface area contributed by atoms with E-state index >= 15 is 0 Å². The number of esters is 1. The van der Waals surface area contributed by atoms with E-state index in [0.29, 0.717) is 50.8 Å². The molecule has 0 fully saturated rings. The number of fused-ring (bicyclic) bond motifs is 3. The van der Waals surface area contributed by atoms with Gasteiger partial charge in [0.05, 0.1) is 34.5 Å². The van der Waals surface area contributed by atoms with Crippen molar-refractivity contribution in [3.05, 3.63) is 112 Å². The number of ketones is 2. The Morgan fingerprint density at radius 1 is 0.810 bits per heavy atom. The van der Waals surface area contributed by atoms with Crippen molar-refractivity contribution in [1.82, 2.24) is 9.88 Å². The number of carbonyl (C=O) groups excluding carboxylic acids is 5. The van der Waals surface area contributed by atoms with Crippen LogP contribution in [0.3, 0.4) is 0 Å². The van der Waals surface area contributed by atoms with Gasteiger partial charge in [0, 0.05) is 23.1 Å². The molecule has 4 aromatic rings. The lowest BCUT2D eigenvalue weighted by Crippen LogP contribution is -2.31. The number of Topliss-reactive ketones (excluding diaryl/α,β-unsaturated/α-hetero) is 2. The molecule has 2 aliphatic rings. The van der Waals surface area contributed by atoms with Gasteiger partial charge in [-0.05, 0) is 59.9 Å². The second-order valence-corrected chi connectivity index (χ2v) is 11.6. The lowest BCUT2D eigenvalue weighted by atomic mass is 9.85. The summed E-state index contributed by atoms with van der Waals surface area (Å²) in [5.41, 5.74) is 3.67. The van der Waals surface area contributed by atoms with Crippen molar-refractivity contribution in [2.75, 3.05) is 13.2 Å². The Hall–Kier alpha value is -4.98. The maximum Gasteiger partial charge on any atom is 0.338 e. The normalized spacial score (nSPS) is 16.3. The van der Waals surface area contributed by atoms with Gasteiger partial charge in [0.15, 0.2) is 11.6 Å². The number of nitrogens with zero attached hydrogens (tertiary/aromatic N) is 2. The number of pyridine rings is 1. The van der Waals surface area contributed by atoms with Crippen molar-refractivity contribution in [3.8, 4) is 0 Å². The molecule has 42 heavy (non-hydrogen) atoms. The molecule has 0 saturated heterocycles. The molecule has 0 N–H and O–H groups in total. The molecule has 0 saturated carbocycles. The number of ether oxygens (including phenoxy) is 1. The zero-order valence-electron chi connectivity index (χ0n) is 23.5. The van der Waals surface area contributed by atoms with E-state index in [4.69, 9.17) is 4.74 Å². The molecular formula is C34H28N2O6. The maximum atomic E-state index is 13.3. The first-order valence-electron chi connectivity index (χ1n) is 13.8. The number of carbonyl (C=O) groups is 5. The topological polar surface area (TPSA) is 111 Å². The molecule has 0 radical (unpaired) electrons. The number of aromatic nitrogens is 1. The van der Waals surface area contributed by atoms with Gasteiger partial charge in [-0.3, -0.25) is 29.1 Å². The molecule has 1 atom stereocenters. The summed E-state index contributed by atoms with van der Waals surface area (Å²) in [6.07, 6.45) is 0.304. The lowest BCUT2D eigenvalue weighted by Gasteiger charge is -2.19. The monoisotopic (exact) mass is 560 g/mol. The Bertz CT molecular complexity index is 1800. The molecule has 2 heterocycles. The van der Waals surface area contributed by atoms with E-state index in [2.05, 4.69) is 25.8 Å². The van der Waals surface area contributed by atoms with Crippen LogP contribution in [0, 0.1) is 0 Å². The van der Waals surface area contributed by atoms with Crippen molar-refractivity contribution >= 4 is 40.3 Å². The number of rotatable bonds is 6. The van der Waals surface area contributed by atoms with Gasteiger partial charge in [0.1, 0.15) is 5.92 Å². The summed E-state index contributed by atoms with van der Waals surface area (Å²) in [5, 5.41) is 0.657. The third kappa shape index (κ3) is 4.59. The molecule has 1 unspecified atom stereocenters. The Morgan fingerprint density at radius 2 is 1.50 bits per heavy atom. The molecule has 8 heteroatoms. The molecule has 2 amide bonds. The molecular weight excluding hydrogens is 532 g/mol. The zero-order chi connectivity index (χ0) is 29.8. The Balaban J connectivity index is 1.11. The van der Waals surface area contributed by atoms with Gasteiger partial charge >= 0.3 is 5.97 Å². The standard InChI is InChI=1S/C34H28N2O6/c1-34(2,3)21-11-12-22-25(18-21)30(38)28(29(22)37)27-14-9-19-17-20(10-13-26(19)35-27)33(41)42-16-6-15-36-31(39)23-7-4-5-8-24(23)32(36)40/h4-5,7-14,17-18,28H,6,15-16H2,1-3H3. The molecule has 210 valence electrons. The average Bonchev–Trinajstić information content (AvgIpc) is 3.38. The van der Waals surface area contributed by atoms with E-state index in [-0.39, 0.29) is 41.9 Å². The minimum atomic E-state index is -0.994. The number of imide groups is 1. The minimum Gasteiger partial charge on any atom is -0.462 e. The predicted molar refractivity (Wildman–Crippen MR) is 155 cm³/mol. The minimum absolute atomic E-state index is 0.0326. The van der Waals surface area contributed by atoms with Crippen LogP contribution in [0.4, 0.5) is 0 Å². The first-order chi connectivity index (χ1) is 20.0. The first-order valence-corrected chi connectivity index (χ1v) is 13.8. The average molecular weight is 561 g/mol. The van der Waals surface area contributed by atoms with Crippen LogP contribution in [0.25, 0.3) is 10.9 Å². The highest BCUT2D eigenvalue weighted by atomic mass is 16.5. The molecule has 8 nitrogen and oxygen atoms in total. The van der Waals surface area contributed by atoms with Crippen LogP contribution >= 0.6 is 0 Å². The maximum absolute atomic E-state index is 13.3. The fourth-order valence-electron chi connectivity index (χ4n) is 5.47. The summed E-state index contributed by atoms with van der Waals surface area (Å²) in [4.78, 5) is 69.9. The fourth-order valence-corrected chi connectivity index (χ4v) is 5.47. The first kappa shape index (κ1) is 27.2. The summed E-state index contributed by atoms with van der Waals surface area (Å²) in [6.45, 7) is 6.34. The summed E-state index contributed by atoms with van der Waals surface area (Å²) >= 11 is 0. The molecule has 1 aromatic heterocycles. The largest absolute Gasteiger partial charge is 0.462 e. The van der Waals surface area contributed by atoms with Crippen LogP contribution in [0.2, 0.25) is 0 Å². The van der Waals surface area contributed by atoms with Gasteiger partial charge in [-0.2, -0.15) is 0 Å². The van der Waals surface area contributed by atoms with E-state index in [1.165, 1.54) is 4.90 Å². The smallest absolute Gasteiger partial charge is 0.338 e. The summed E-state index contributed by atoms with van der Waals surface area (Å²) in [7, 11) is 0. The van der Waals surface area contributed by atoms with Crippen molar-refractivity contribution in [3.63, 3.8) is 0 Å². The molecule has 0 bridgehead atoms. The van der Waals surface area contributed by atoms with Gasteiger partial charge in [-0.1, -0.05) is 51.1 Å². The van der Waals surface area contributed by atoms with Crippen LogP contribution in [-0.2, 0) is 10.2 Å². The third-order valence-electron chi connectivity index (χ3n) is 7.82. The van der Waals surface area contributed by atoms with Gasteiger partial charge in [-0.25, -0.2) is 4.79 Å².